The van der Waals surface area contributed by atoms with E-state index in [4.69, 9.17) is 0 Å². The predicted molar refractivity (Wildman–Crippen MR) is 67.2 cm³/mol. The van der Waals surface area contributed by atoms with Crippen molar-refractivity contribution in [3.8, 4) is 0 Å². The summed E-state index contributed by atoms with van der Waals surface area (Å²) in [5, 5.41) is 9.68. The van der Waals surface area contributed by atoms with Gasteiger partial charge in [0.2, 0.25) is 0 Å². The Balaban J connectivity index is 2.16. The van der Waals surface area contributed by atoms with Gasteiger partial charge in [-0.2, -0.15) is 0 Å². The van der Waals surface area contributed by atoms with Gasteiger partial charge in [0, 0.05) is 10.6 Å². The zero-order valence-corrected chi connectivity index (χ0v) is 9.75. The lowest BCUT2D eigenvalue weighted by Gasteiger charge is -2.09. The van der Waals surface area contributed by atoms with E-state index in [1.54, 1.807) is 11.8 Å². The Morgan fingerprint density at radius 3 is 2.73 bits per heavy atom. The number of allylic oxidation sites excluding steroid dienone is 1. The number of benzene rings is 1. The van der Waals surface area contributed by atoms with Crippen LogP contribution in [0.3, 0.4) is 0 Å². The van der Waals surface area contributed by atoms with Crippen molar-refractivity contribution in [1.82, 2.24) is 0 Å². The first-order valence-electron chi connectivity index (χ1n) is 5.29. The molecule has 1 nitrogen and oxygen atoms in total. The quantitative estimate of drug-likeness (QED) is 0.433. The van der Waals surface area contributed by atoms with Gasteiger partial charge in [0.25, 0.3) is 0 Å². The minimum Gasteiger partial charge on any atom is -0.392 e. The number of thioether (sulfide) groups is 1. The van der Waals surface area contributed by atoms with Gasteiger partial charge in [-0.15, -0.1) is 18.3 Å². The largest absolute Gasteiger partial charge is 0.392 e. The highest BCUT2D eigenvalue weighted by Gasteiger charge is 2.03. The Bertz CT molecular complexity index is 271. The van der Waals surface area contributed by atoms with Gasteiger partial charge in [-0.3, -0.25) is 0 Å². The molecule has 15 heavy (non-hydrogen) atoms. The highest BCUT2D eigenvalue weighted by Crippen LogP contribution is 2.19. The summed E-state index contributed by atoms with van der Waals surface area (Å²) in [6, 6.07) is 10.2. The summed E-state index contributed by atoms with van der Waals surface area (Å²) in [4.78, 5) is 1.22. The second-order valence-corrected chi connectivity index (χ2v) is 4.59. The first-order chi connectivity index (χ1) is 7.33. The van der Waals surface area contributed by atoms with E-state index in [1.165, 1.54) is 4.90 Å². The van der Waals surface area contributed by atoms with Gasteiger partial charge in [-0.1, -0.05) is 24.3 Å². The fourth-order valence-electron chi connectivity index (χ4n) is 1.29. The Labute approximate surface area is 96.2 Å². The van der Waals surface area contributed by atoms with Gasteiger partial charge in [0.05, 0.1) is 6.10 Å². The fraction of sp³-hybridized carbons (Fsp3) is 0.385. The van der Waals surface area contributed by atoms with Crippen LogP contribution in [-0.4, -0.2) is 17.0 Å². The molecule has 0 radical (unpaired) electrons. The van der Waals surface area contributed by atoms with Crippen LogP contribution >= 0.6 is 11.8 Å². The average molecular weight is 222 g/mol. The van der Waals surface area contributed by atoms with Crippen LogP contribution in [0.1, 0.15) is 19.3 Å². The summed E-state index contributed by atoms with van der Waals surface area (Å²) in [5.41, 5.74) is 0. The van der Waals surface area contributed by atoms with Crippen molar-refractivity contribution in [3.63, 3.8) is 0 Å². The predicted octanol–water partition coefficient (Wildman–Crippen LogP) is 3.50. The molecule has 0 aliphatic heterocycles. The molecule has 0 aromatic heterocycles. The maximum atomic E-state index is 9.68. The van der Waals surface area contributed by atoms with Gasteiger partial charge >= 0.3 is 0 Å². The second-order valence-electron chi connectivity index (χ2n) is 3.50. The number of aliphatic hydroxyl groups is 1. The molecule has 0 heterocycles. The van der Waals surface area contributed by atoms with Gasteiger partial charge in [-0.25, -0.2) is 0 Å². The molecule has 1 atom stereocenters. The van der Waals surface area contributed by atoms with Crippen LogP contribution in [0, 0.1) is 0 Å². The molecule has 1 rings (SSSR count). The van der Waals surface area contributed by atoms with Crippen molar-refractivity contribution in [2.75, 3.05) is 5.75 Å². The van der Waals surface area contributed by atoms with E-state index >= 15 is 0 Å². The number of unbranched alkanes of at least 4 members (excludes halogenated alkanes) is 1. The van der Waals surface area contributed by atoms with E-state index in [0.29, 0.717) is 0 Å². The molecule has 1 N–H and O–H groups in total. The monoisotopic (exact) mass is 222 g/mol. The Morgan fingerprint density at radius 2 is 2.07 bits per heavy atom. The first kappa shape index (κ1) is 12.3. The Kier molecular flexibility index (Phi) is 6.21. The topological polar surface area (TPSA) is 20.2 Å². The van der Waals surface area contributed by atoms with Crippen LogP contribution in [0.2, 0.25) is 0 Å². The molecule has 2 heteroatoms. The lowest BCUT2D eigenvalue weighted by atomic mass is 10.2. The molecule has 82 valence electrons. The zero-order chi connectivity index (χ0) is 10.9. The number of aliphatic hydroxyl groups excluding tert-OH is 1. The van der Waals surface area contributed by atoms with Gasteiger partial charge < -0.3 is 5.11 Å². The van der Waals surface area contributed by atoms with Crippen molar-refractivity contribution in [3.05, 3.63) is 43.0 Å². The Morgan fingerprint density at radius 1 is 1.33 bits per heavy atom. The summed E-state index contributed by atoms with van der Waals surface area (Å²) in [6.07, 6.45) is 4.59. The van der Waals surface area contributed by atoms with Gasteiger partial charge in [-0.05, 0) is 31.4 Å². The van der Waals surface area contributed by atoms with Crippen molar-refractivity contribution in [2.24, 2.45) is 0 Å². The minimum atomic E-state index is -0.199. The molecule has 1 aromatic rings. The minimum absolute atomic E-state index is 0.199. The van der Waals surface area contributed by atoms with Crippen LogP contribution in [0.25, 0.3) is 0 Å². The molecule has 0 bridgehead atoms. The van der Waals surface area contributed by atoms with Crippen LogP contribution in [-0.2, 0) is 0 Å². The molecule has 0 spiro atoms. The maximum Gasteiger partial charge on any atom is 0.0634 e. The van der Waals surface area contributed by atoms with Crippen molar-refractivity contribution in [1.29, 1.82) is 0 Å². The molecule has 0 aliphatic carbocycles. The van der Waals surface area contributed by atoms with Crippen molar-refractivity contribution < 1.29 is 5.11 Å². The van der Waals surface area contributed by atoms with E-state index in [2.05, 4.69) is 18.7 Å². The molecule has 0 amide bonds. The molecular formula is C13H18OS. The van der Waals surface area contributed by atoms with E-state index in [1.807, 2.05) is 24.3 Å². The van der Waals surface area contributed by atoms with Crippen molar-refractivity contribution in [2.45, 2.75) is 30.3 Å². The molecule has 0 fully saturated rings. The number of hydrogen-bond donors (Lipinski definition) is 1. The third kappa shape index (κ3) is 5.65. The van der Waals surface area contributed by atoms with Gasteiger partial charge in [0.15, 0.2) is 0 Å². The Hall–Kier alpha value is -0.730. The lowest BCUT2D eigenvalue weighted by Crippen LogP contribution is -2.09. The van der Waals surface area contributed by atoms with Gasteiger partial charge in [0.1, 0.15) is 0 Å². The highest BCUT2D eigenvalue weighted by atomic mass is 32.2. The lowest BCUT2D eigenvalue weighted by molar-refractivity contribution is 0.186. The van der Waals surface area contributed by atoms with Crippen LogP contribution in [0.4, 0.5) is 0 Å². The standard InChI is InChI=1S/C13H18OS/c1-2-3-5-8-12(14)11-15-13-9-6-4-7-10-13/h2,4,6-7,9-10,12,14H,1,3,5,8,11H2. The molecular weight excluding hydrogens is 204 g/mol. The maximum absolute atomic E-state index is 9.68. The SMILES string of the molecule is C=CCCCC(O)CSc1ccccc1. The van der Waals surface area contributed by atoms with Crippen LogP contribution in [0.15, 0.2) is 47.9 Å². The molecule has 0 saturated carbocycles. The van der Waals surface area contributed by atoms with E-state index < -0.39 is 0 Å². The number of hydrogen-bond acceptors (Lipinski definition) is 2. The van der Waals surface area contributed by atoms with Crippen LogP contribution < -0.4 is 0 Å². The van der Waals surface area contributed by atoms with E-state index in [0.717, 1.165) is 25.0 Å². The summed E-state index contributed by atoms with van der Waals surface area (Å²) < 4.78 is 0. The third-order valence-electron chi connectivity index (χ3n) is 2.13. The normalized spacial score (nSPS) is 12.3. The summed E-state index contributed by atoms with van der Waals surface area (Å²) in [7, 11) is 0. The third-order valence-corrected chi connectivity index (χ3v) is 3.29. The zero-order valence-electron chi connectivity index (χ0n) is 8.93. The smallest absolute Gasteiger partial charge is 0.0634 e. The fourth-order valence-corrected chi connectivity index (χ4v) is 2.19. The average Bonchev–Trinajstić information content (AvgIpc) is 2.28. The van der Waals surface area contributed by atoms with Crippen molar-refractivity contribution >= 4 is 11.8 Å². The highest BCUT2D eigenvalue weighted by molar-refractivity contribution is 7.99. The molecule has 1 aromatic carbocycles. The summed E-state index contributed by atoms with van der Waals surface area (Å²) >= 11 is 1.71. The summed E-state index contributed by atoms with van der Waals surface area (Å²) in [5.74, 6) is 0.779. The summed E-state index contributed by atoms with van der Waals surface area (Å²) in [6.45, 7) is 3.66. The number of rotatable bonds is 7. The van der Waals surface area contributed by atoms with E-state index in [-0.39, 0.29) is 6.10 Å². The molecule has 1 unspecified atom stereocenters. The molecule has 0 saturated heterocycles. The molecule has 0 aliphatic rings. The van der Waals surface area contributed by atoms with E-state index in [9.17, 15) is 5.11 Å². The van der Waals surface area contributed by atoms with Crippen LogP contribution in [0.5, 0.6) is 0 Å². The second kappa shape index (κ2) is 7.55. The first-order valence-corrected chi connectivity index (χ1v) is 6.28.